The van der Waals surface area contributed by atoms with Gasteiger partial charge in [0.2, 0.25) is 0 Å². The van der Waals surface area contributed by atoms with Gasteiger partial charge in [0.15, 0.2) is 5.76 Å². The monoisotopic (exact) mass is 244 g/mol. The van der Waals surface area contributed by atoms with Crippen LogP contribution in [-0.2, 0) is 0 Å². The molecule has 4 nitrogen and oxygen atoms in total. The van der Waals surface area contributed by atoms with Crippen LogP contribution in [0.2, 0.25) is 0 Å². The summed E-state index contributed by atoms with van der Waals surface area (Å²) < 4.78 is 5.09. The Bertz CT molecular complexity index is 327. The van der Waals surface area contributed by atoms with E-state index in [0.29, 0.717) is 18.2 Å². The lowest BCUT2D eigenvalue weighted by atomic mass is 9.98. The summed E-state index contributed by atoms with van der Waals surface area (Å²) in [6.07, 6.45) is 3.68. The van der Waals surface area contributed by atoms with Crippen LogP contribution in [0, 0.1) is 5.92 Å². The van der Waals surface area contributed by atoms with E-state index in [1.807, 2.05) is 4.90 Å². The van der Waals surface area contributed by atoms with Crippen molar-refractivity contribution in [2.45, 2.75) is 12.8 Å². The quantitative estimate of drug-likeness (QED) is 0.858. The zero-order valence-corrected chi connectivity index (χ0v) is 9.91. The zero-order valence-electron chi connectivity index (χ0n) is 9.09. The Kier molecular flexibility index (Phi) is 4.83. The van der Waals surface area contributed by atoms with Crippen LogP contribution in [-0.4, -0.2) is 30.4 Å². The first kappa shape index (κ1) is 13.1. The summed E-state index contributed by atoms with van der Waals surface area (Å²) in [5.41, 5.74) is 5.62. The second-order valence-corrected chi connectivity index (χ2v) is 3.97. The number of hydrogen-bond acceptors (Lipinski definition) is 3. The molecule has 1 aliphatic rings. The molecule has 0 bridgehead atoms. The van der Waals surface area contributed by atoms with Gasteiger partial charge in [-0.3, -0.25) is 4.79 Å². The molecule has 0 saturated carbocycles. The van der Waals surface area contributed by atoms with Gasteiger partial charge in [0.05, 0.1) is 6.26 Å². The van der Waals surface area contributed by atoms with Crippen molar-refractivity contribution < 1.29 is 9.21 Å². The van der Waals surface area contributed by atoms with Crippen molar-refractivity contribution in [3.05, 3.63) is 24.2 Å². The maximum Gasteiger partial charge on any atom is 0.289 e. The Morgan fingerprint density at radius 3 is 3.06 bits per heavy atom. The summed E-state index contributed by atoms with van der Waals surface area (Å²) in [6, 6.07) is 3.44. The van der Waals surface area contributed by atoms with Gasteiger partial charge in [-0.2, -0.15) is 0 Å². The molecular formula is C11H17ClN2O2. The van der Waals surface area contributed by atoms with Crippen LogP contribution in [0.3, 0.4) is 0 Å². The van der Waals surface area contributed by atoms with E-state index >= 15 is 0 Å². The fourth-order valence-corrected chi connectivity index (χ4v) is 2.00. The van der Waals surface area contributed by atoms with Crippen molar-refractivity contribution >= 4 is 18.3 Å². The van der Waals surface area contributed by atoms with Crippen molar-refractivity contribution in [1.82, 2.24) is 4.90 Å². The van der Waals surface area contributed by atoms with E-state index in [1.54, 1.807) is 12.1 Å². The van der Waals surface area contributed by atoms with Crippen molar-refractivity contribution in [3.8, 4) is 0 Å². The minimum Gasteiger partial charge on any atom is -0.459 e. The summed E-state index contributed by atoms with van der Waals surface area (Å²) in [5, 5.41) is 0. The molecule has 1 amide bonds. The van der Waals surface area contributed by atoms with Crippen LogP contribution < -0.4 is 5.73 Å². The summed E-state index contributed by atoms with van der Waals surface area (Å²) in [7, 11) is 0. The molecule has 1 aromatic heterocycles. The van der Waals surface area contributed by atoms with Crippen molar-refractivity contribution in [1.29, 1.82) is 0 Å². The first-order valence-electron chi connectivity index (χ1n) is 5.34. The van der Waals surface area contributed by atoms with Crippen molar-refractivity contribution in [3.63, 3.8) is 0 Å². The third-order valence-corrected chi connectivity index (χ3v) is 2.87. The molecule has 16 heavy (non-hydrogen) atoms. The highest BCUT2D eigenvalue weighted by atomic mass is 35.5. The molecule has 1 aliphatic heterocycles. The van der Waals surface area contributed by atoms with E-state index in [9.17, 15) is 4.79 Å². The first-order chi connectivity index (χ1) is 7.31. The number of carbonyl (C=O) groups excluding carboxylic acids is 1. The molecule has 0 aromatic carbocycles. The van der Waals surface area contributed by atoms with Crippen LogP contribution in [0.4, 0.5) is 0 Å². The second-order valence-electron chi connectivity index (χ2n) is 3.97. The van der Waals surface area contributed by atoms with E-state index in [2.05, 4.69) is 0 Å². The number of hydrogen-bond donors (Lipinski definition) is 1. The van der Waals surface area contributed by atoms with Crippen LogP contribution >= 0.6 is 12.4 Å². The van der Waals surface area contributed by atoms with Gasteiger partial charge >= 0.3 is 0 Å². The number of nitrogens with zero attached hydrogens (tertiary/aromatic N) is 1. The normalized spacial score (nSPS) is 20.3. The number of carbonyl (C=O) groups is 1. The number of nitrogens with two attached hydrogens (primary N) is 1. The minimum absolute atomic E-state index is 0. The number of halogens is 1. The average Bonchev–Trinajstić information content (AvgIpc) is 2.81. The van der Waals surface area contributed by atoms with Gasteiger partial charge in [-0.15, -0.1) is 12.4 Å². The van der Waals surface area contributed by atoms with Crippen LogP contribution in [0.5, 0.6) is 0 Å². The lowest BCUT2D eigenvalue weighted by molar-refractivity contribution is 0.0646. The SMILES string of the molecule is Cl.NCC1CCCN(C(=O)c2ccco2)C1. The summed E-state index contributed by atoms with van der Waals surface area (Å²) in [6.45, 7) is 2.23. The van der Waals surface area contributed by atoms with E-state index in [1.165, 1.54) is 6.26 Å². The Labute approximate surface area is 101 Å². The fourth-order valence-electron chi connectivity index (χ4n) is 2.00. The largest absolute Gasteiger partial charge is 0.459 e. The Balaban J connectivity index is 0.00000128. The predicted octanol–water partition coefficient (Wildman–Crippen LogP) is 1.51. The Morgan fingerprint density at radius 1 is 1.62 bits per heavy atom. The molecule has 1 aromatic rings. The maximum atomic E-state index is 11.9. The average molecular weight is 245 g/mol. The number of likely N-dealkylation sites (tertiary alicyclic amines) is 1. The van der Waals surface area contributed by atoms with E-state index in [4.69, 9.17) is 10.2 Å². The number of amides is 1. The molecule has 0 radical (unpaired) electrons. The molecule has 1 saturated heterocycles. The molecule has 2 rings (SSSR count). The highest BCUT2D eigenvalue weighted by molar-refractivity contribution is 5.91. The van der Waals surface area contributed by atoms with Crippen LogP contribution in [0.1, 0.15) is 23.4 Å². The summed E-state index contributed by atoms with van der Waals surface area (Å²) in [4.78, 5) is 13.7. The first-order valence-corrected chi connectivity index (χ1v) is 5.34. The maximum absolute atomic E-state index is 11.9. The Morgan fingerprint density at radius 2 is 2.44 bits per heavy atom. The van der Waals surface area contributed by atoms with Crippen molar-refractivity contribution in [2.24, 2.45) is 11.7 Å². The molecular weight excluding hydrogens is 228 g/mol. The van der Waals surface area contributed by atoms with Crippen LogP contribution in [0.25, 0.3) is 0 Å². The topological polar surface area (TPSA) is 59.5 Å². The highest BCUT2D eigenvalue weighted by Gasteiger charge is 2.24. The molecule has 1 fully saturated rings. The van der Waals surface area contributed by atoms with Crippen molar-refractivity contribution in [2.75, 3.05) is 19.6 Å². The van der Waals surface area contributed by atoms with Gasteiger partial charge in [0, 0.05) is 13.1 Å². The minimum atomic E-state index is -0.0156. The molecule has 0 spiro atoms. The van der Waals surface area contributed by atoms with Gasteiger partial charge < -0.3 is 15.1 Å². The van der Waals surface area contributed by atoms with Gasteiger partial charge in [-0.25, -0.2) is 0 Å². The third-order valence-electron chi connectivity index (χ3n) is 2.87. The van der Waals surface area contributed by atoms with Gasteiger partial charge in [0.1, 0.15) is 0 Å². The molecule has 0 aliphatic carbocycles. The van der Waals surface area contributed by atoms with Crippen LogP contribution in [0.15, 0.2) is 22.8 Å². The second kappa shape index (κ2) is 5.92. The molecule has 90 valence electrons. The number of furan rings is 1. The zero-order chi connectivity index (χ0) is 10.7. The molecule has 5 heteroatoms. The van der Waals surface area contributed by atoms with Gasteiger partial charge in [0.25, 0.3) is 5.91 Å². The molecule has 1 unspecified atom stereocenters. The lowest BCUT2D eigenvalue weighted by Gasteiger charge is -2.31. The third kappa shape index (κ3) is 2.77. The van der Waals surface area contributed by atoms with E-state index in [0.717, 1.165) is 25.9 Å². The lowest BCUT2D eigenvalue weighted by Crippen LogP contribution is -2.41. The summed E-state index contributed by atoms with van der Waals surface area (Å²) in [5.74, 6) is 0.850. The molecule has 1 atom stereocenters. The molecule has 2 heterocycles. The standard InChI is InChI=1S/C11H16N2O2.ClH/c12-7-9-3-1-5-13(8-9)11(14)10-4-2-6-15-10;/h2,4,6,9H,1,3,5,7-8,12H2;1H. The smallest absolute Gasteiger partial charge is 0.289 e. The summed E-state index contributed by atoms with van der Waals surface area (Å²) >= 11 is 0. The van der Waals surface area contributed by atoms with Gasteiger partial charge in [-0.1, -0.05) is 0 Å². The van der Waals surface area contributed by atoms with Gasteiger partial charge in [-0.05, 0) is 37.4 Å². The number of piperidine rings is 1. The fraction of sp³-hybridized carbons (Fsp3) is 0.545. The van der Waals surface area contributed by atoms with E-state index < -0.39 is 0 Å². The highest BCUT2D eigenvalue weighted by Crippen LogP contribution is 2.17. The predicted molar refractivity (Wildman–Crippen MR) is 63.6 cm³/mol. The molecule has 2 N–H and O–H groups in total. The van der Waals surface area contributed by atoms with E-state index in [-0.39, 0.29) is 18.3 Å². The Hall–Kier alpha value is -1.00. The number of rotatable bonds is 2.